The van der Waals surface area contributed by atoms with Crippen molar-refractivity contribution in [1.29, 1.82) is 0 Å². The number of amides is 2. The molecule has 0 spiro atoms. The van der Waals surface area contributed by atoms with Gasteiger partial charge >= 0.3 is 0 Å². The van der Waals surface area contributed by atoms with Crippen molar-refractivity contribution in [3.8, 4) is 0 Å². The SMILES string of the molecule is CN(C)C(=O)CNC(=O)c1cc(F)cc(N)c1F. The van der Waals surface area contributed by atoms with Gasteiger partial charge in [0.25, 0.3) is 5.91 Å². The lowest BCUT2D eigenvalue weighted by atomic mass is 10.1. The molecule has 0 saturated carbocycles. The molecule has 98 valence electrons. The number of carbonyl (C=O) groups excluding carboxylic acids is 2. The van der Waals surface area contributed by atoms with E-state index >= 15 is 0 Å². The number of anilines is 1. The summed E-state index contributed by atoms with van der Waals surface area (Å²) < 4.78 is 26.5. The summed E-state index contributed by atoms with van der Waals surface area (Å²) in [7, 11) is 3.02. The van der Waals surface area contributed by atoms with Gasteiger partial charge < -0.3 is 16.0 Å². The summed E-state index contributed by atoms with van der Waals surface area (Å²) in [6, 6.07) is 1.50. The number of nitrogens with zero attached hydrogens (tertiary/aromatic N) is 1. The highest BCUT2D eigenvalue weighted by molar-refractivity contribution is 5.97. The topological polar surface area (TPSA) is 75.4 Å². The summed E-state index contributed by atoms with van der Waals surface area (Å²) >= 11 is 0. The second kappa shape index (κ2) is 5.44. The molecule has 5 nitrogen and oxygen atoms in total. The van der Waals surface area contributed by atoms with Crippen LogP contribution in [0.1, 0.15) is 10.4 Å². The number of carbonyl (C=O) groups is 2. The summed E-state index contributed by atoms with van der Waals surface area (Å²) in [5, 5.41) is 2.18. The largest absolute Gasteiger partial charge is 0.396 e. The molecule has 18 heavy (non-hydrogen) atoms. The number of halogens is 2. The Kier molecular flexibility index (Phi) is 4.19. The zero-order valence-electron chi connectivity index (χ0n) is 9.96. The van der Waals surface area contributed by atoms with Crippen LogP contribution in [0.25, 0.3) is 0 Å². The molecule has 0 fully saturated rings. The molecule has 0 unspecified atom stereocenters. The molecule has 3 N–H and O–H groups in total. The molecule has 0 atom stereocenters. The average Bonchev–Trinajstić information content (AvgIpc) is 2.29. The quantitative estimate of drug-likeness (QED) is 0.768. The second-order valence-electron chi connectivity index (χ2n) is 3.83. The summed E-state index contributed by atoms with van der Waals surface area (Å²) in [6.07, 6.45) is 0. The Hall–Kier alpha value is -2.18. The maximum Gasteiger partial charge on any atom is 0.254 e. The second-order valence-corrected chi connectivity index (χ2v) is 3.83. The predicted octanol–water partition coefficient (Wildman–Crippen LogP) is 0.365. The first kappa shape index (κ1) is 13.9. The van der Waals surface area contributed by atoms with E-state index in [1.54, 1.807) is 0 Å². The first-order valence-corrected chi connectivity index (χ1v) is 5.05. The van der Waals surface area contributed by atoms with Crippen molar-refractivity contribution in [2.45, 2.75) is 0 Å². The van der Waals surface area contributed by atoms with Gasteiger partial charge in [-0.3, -0.25) is 9.59 Å². The molecular weight excluding hydrogens is 244 g/mol. The Morgan fingerprint density at radius 1 is 1.33 bits per heavy atom. The van der Waals surface area contributed by atoms with Gasteiger partial charge in [-0.05, 0) is 12.1 Å². The molecule has 1 aromatic rings. The molecule has 0 bridgehead atoms. The minimum atomic E-state index is -1.01. The van der Waals surface area contributed by atoms with Crippen LogP contribution in [-0.4, -0.2) is 37.4 Å². The van der Waals surface area contributed by atoms with E-state index in [1.807, 2.05) is 0 Å². The van der Waals surface area contributed by atoms with Crippen LogP contribution in [-0.2, 0) is 4.79 Å². The molecule has 0 aliphatic heterocycles. The highest BCUT2D eigenvalue weighted by Gasteiger charge is 2.17. The van der Waals surface area contributed by atoms with E-state index in [2.05, 4.69) is 5.32 Å². The van der Waals surface area contributed by atoms with Crippen LogP contribution in [0.15, 0.2) is 12.1 Å². The van der Waals surface area contributed by atoms with Gasteiger partial charge in [0.1, 0.15) is 5.82 Å². The van der Waals surface area contributed by atoms with Crippen molar-refractivity contribution in [1.82, 2.24) is 10.2 Å². The van der Waals surface area contributed by atoms with E-state index in [4.69, 9.17) is 5.73 Å². The molecule has 0 radical (unpaired) electrons. The maximum atomic E-state index is 13.5. The van der Waals surface area contributed by atoms with E-state index in [9.17, 15) is 18.4 Å². The van der Waals surface area contributed by atoms with Crippen LogP contribution >= 0.6 is 0 Å². The lowest BCUT2D eigenvalue weighted by molar-refractivity contribution is -0.127. The van der Waals surface area contributed by atoms with Crippen LogP contribution in [0.5, 0.6) is 0 Å². The van der Waals surface area contributed by atoms with Crippen LogP contribution in [0, 0.1) is 11.6 Å². The van der Waals surface area contributed by atoms with Crippen molar-refractivity contribution < 1.29 is 18.4 Å². The fraction of sp³-hybridized carbons (Fsp3) is 0.273. The lowest BCUT2D eigenvalue weighted by Crippen LogP contribution is -2.36. The molecule has 7 heteroatoms. The van der Waals surface area contributed by atoms with Gasteiger partial charge in [-0.15, -0.1) is 0 Å². The average molecular weight is 257 g/mol. The highest BCUT2D eigenvalue weighted by atomic mass is 19.1. The van der Waals surface area contributed by atoms with Crippen molar-refractivity contribution in [3.63, 3.8) is 0 Å². The fourth-order valence-electron chi connectivity index (χ4n) is 1.18. The molecule has 2 amide bonds. The molecule has 1 aromatic carbocycles. The first-order chi connectivity index (χ1) is 8.32. The number of nitrogens with two attached hydrogens (primary N) is 1. The number of nitrogen functional groups attached to an aromatic ring is 1. The van der Waals surface area contributed by atoms with Crippen LogP contribution < -0.4 is 11.1 Å². The van der Waals surface area contributed by atoms with Crippen molar-refractivity contribution in [2.75, 3.05) is 26.4 Å². The van der Waals surface area contributed by atoms with Gasteiger partial charge in [0, 0.05) is 14.1 Å². The Labute approximate surface area is 103 Å². The third-order valence-corrected chi connectivity index (χ3v) is 2.21. The van der Waals surface area contributed by atoms with E-state index < -0.39 is 28.8 Å². The molecule has 0 heterocycles. The minimum Gasteiger partial charge on any atom is -0.396 e. The zero-order valence-corrected chi connectivity index (χ0v) is 9.96. The highest BCUT2D eigenvalue weighted by Crippen LogP contribution is 2.17. The van der Waals surface area contributed by atoms with Gasteiger partial charge in [0.05, 0.1) is 17.8 Å². The standard InChI is InChI=1S/C11H13F2N3O2/c1-16(2)9(17)5-15-11(18)7-3-6(12)4-8(14)10(7)13/h3-4H,5,14H2,1-2H3,(H,15,18). The molecule has 0 aliphatic carbocycles. The van der Waals surface area contributed by atoms with Crippen LogP contribution in [0.3, 0.4) is 0 Å². The van der Waals surface area contributed by atoms with Gasteiger partial charge in [-0.25, -0.2) is 8.78 Å². The van der Waals surface area contributed by atoms with Crippen molar-refractivity contribution in [3.05, 3.63) is 29.3 Å². The third-order valence-electron chi connectivity index (χ3n) is 2.21. The number of rotatable bonds is 3. The zero-order chi connectivity index (χ0) is 13.9. The summed E-state index contributed by atoms with van der Waals surface area (Å²) in [5.41, 5.74) is 4.21. The van der Waals surface area contributed by atoms with Gasteiger partial charge in [0.2, 0.25) is 5.91 Å². The Morgan fingerprint density at radius 3 is 2.50 bits per heavy atom. The molecular formula is C11H13F2N3O2. The summed E-state index contributed by atoms with van der Waals surface area (Å²) in [5.74, 6) is -3.09. The van der Waals surface area contributed by atoms with Crippen molar-refractivity contribution >= 4 is 17.5 Å². The summed E-state index contributed by atoms with van der Waals surface area (Å²) in [4.78, 5) is 24.0. The van der Waals surface area contributed by atoms with E-state index in [-0.39, 0.29) is 12.5 Å². The third kappa shape index (κ3) is 3.16. The van der Waals surface area contributed by atoms with Crippen molar-refractivity contribution in [2.24, 2.45) is 0 Å². The van der Waals surface area contributed by atoms with E-state index in [0.29, 0.717) is 0 Å². The summed E-state index contributed by atoms with van der Waals surface area (Å²) in [6.45, 7) is -0.304. The lowest BCUT2D eigenvalue weighted by Gasteiger charge is -2.11. The normalized spacial score (nSPS) is 10.0. The number of hydrogen-bond acceptors (Lipinski definition) is 3. The van der Waals surface area contributed by atoms with Gasteiger partial charge in [-0.1, -0.05) is 0 Å². The molecule has 0 saturated heterocycles. The minimum absolute atomic E-state index is 0.304. The number of nitrogens with one attached hydrogen (secondary N) is 1. The first-order valence-electron chi connectivity index (χ1n) is 5.05. The van der Waals surface area contributed by atoms with Gasteiger partial charge in [-0.2, -0.15) is 0 Å². The fourth-order valence-corrected chi connectivity index (χ4v) is 1.18. The Bertz CT molecular complexity index is 489. The maximum absolute atomic E-state index is 13.5. The van der Waals surface area contributed by atoms with Crippen LogP contribution in [0.4, 0.5) is 14.5 Å². The number of likely N-dealkylation sites (N-methyl/N-ethyl adjacent to an activating group) is 1. The monoisotopic (exact) mass is 257 g/mol. The molecule has 1 rings (SSSR count). The Morgan fingerprint density at radius 2 is 1.94 bits per heavy atom. The Balaban J connectivity index is 2.82. The van der Waals surface area contributed by atoms with Crippen LogP contribution in [0.2, 0.25) is 0 Å². The molecule has 0 aliphatic rings. The smallest absolute Gasteiger partial charge is 0.254 e. The number of benzene rings is 1. The van der Waals surface area contributed by atoms with Gasteiger partial charge in [0.15, 0.2) is 5.82 Å². The van der Waals surface area contributed by atoms with E-state index in [1.165, 1.54) is 19.0 Å². The van der Waals surface area contributed by atoms with E-state index in [0.717, 1.165) is 12.1 Å². The molecule has 0 aromatic heterocycles. The predicted molar refractivity (Wildman–Crippen MR) is 61.8 cm³/mol. The number of hydrogen-bond donors (Lipinski definition) is 2.